The lowest BCUT2D eigenvalue weighted by atomic mass is 9.97. The van der Waals surface area contributed by atoms with E-state index in [-0.39, 0.29) is 5.91 Å². The Bertz CT molecular complexity index is 718. The molecule has 0 saturated heterocycles. The molecule has 2 aromatic carbocycles. The lowest BCUT2D eigenvalue weighted by Gasteiger charge is -2.17. The molecule has 3 nitrogen and oxygen atoms in total. The van der Waals surface area contributed by atoms with Crippen molar-refractivity contribution >= 4 is 51.5 Å². The maximum atomic E-state index is 12.3. The SMILES string of the molecule is CC[C@H](C)c1ccccc1NC(=S)NC(=O)c1ccccc1I. The highest BCUT2D eigenvalue weighted by Gasteiger charge is 2.13. The van der Waals surface area contributed by atoms with E-state index >= 15 is 0 Å². The van der Waals surface area contributed by atoms with Crippen LogP contribution in [0.5, 0.6) is 0 Å². The van der Waals surface area contributed by atoms with Gasteiger partial charge in [0.15, 0.2) is 5.11 Å². The van der Waals surface area contributed by atoms with Crippen LogP contribution in [-0.2, 0) is 0 Å². The van der Waals surface area contributed by atoms with Gasteiger partial charge in [-0.1, -0.05) is 44.2 Å². The summed E-state index contributed by atoms with van der Waals surface area (Å²) in [4.78, 5) is 12.3. The molecule has 0 aliphatic carbocycles. The number of para-hydroxylation sites is 1. The van der Waals surface area contributed by atoms with Crippen LogP contribution in [0.15, 0.2) is 48.5 Å². The number of carbonyl (C=O) groups is 1. The second-order valence-corrected chi connectivity index (χ2v) is 6.86. The molecule has 0 aliphatic heterocycles. The van der Waals surface area contributed by atoms with Gasteiger partial charge in [-0.15, -0.1) is 0 Å². The van der Waals surface area contributed by atoms with E-state index in [1.807, 2.05) is 36.4 Å². The summed E-state index contributed by atoms with van der Waals surface area (Å²) in [5, 5.41) is 6.20. The molecular weight excluding hydrogens is 419 g/mol. The lowest BCUT2D eigenvalue weighted by Crippen LogP contribution is -2.34. The van der Waals surface area contributed by atoms with Crippen molar-refractivity contribution in [3.63, 3.8) is 0 Å². The molecule has 0 saturated carbocycles. The van der Waals surface area contributed by atoms with Gasteiger partial charge < -0.3 is 5.32 Å². The third kappa shape index (κ3) is 4.75. The van der Waals surface area contributed by atoms with Crippen molar-refractivity contribution < 1.29 is 4.79 Å². The highest BCUT2D eigenvalue weighted by molar-refractivity contribution is 14.1. The van der Waals surface area contributed by atoms with Gasteiger partial charge in [0, 0.05) is 9.26 Å². The van der Waals surface area contributed by atoms with Crippen molar-refractivity contribution in [3.8, 4) is 0 Å². The lowest BCUT2D eigenvalue weighted by molar-refractivity contribution is 0.0977. The first kappa shape index (κ1) is 17.9. The van der Waals surface area contributed by atoms with Crippen LogP contribution in [0.3, 0.4) is 0 Å². The Morgan fingerprint density at radius 3 is 2.52 bits per heavy atom. The molecule has 120 valence electrons. The second-order valence-electron chi connectivity index (χ2n) is 5.28. The molecule has 2 rings (SSSR count). The normalized spacial score (nSPS) is 11.6. The van der Waals surface area contributed by atoms with Gasteiger partial charge >= 0.3 is 0 Å². The standard InChI is InChI=1S/C18H19IN2OS/c1-3-12(2)13-8-5-7-11-16(13)20-18(23)21-17(22)14-9-4-6-10-15(14)19/h4-12H,3H2,1-2H3,(H2,20,21,22,23)/t12-/m0/s1. The van der Waals surface area contributed by atoms with Gasteiger partial charge in [-0.25, -0.2) is 0 Å². The third-order valence-electron chi connectivity index (χ3n) is 3.70. The van der Waals surface area contributed by atoms with Gasteiger partial charge in [0.2, 0.25) is 0 Å². The first-order valence-electron chi connectivity index (χ1n) is 7.48. The van der Waals surface area contributed by atoms with E-state index in [0.29, 0.717) is 16.6 Å². The summed E-state index contributed by atoms with van der Waals surface area (Å²) >= 11 is 7.43. The number of benzene rings is 2. The Labute approximate surface area is 156 Å². The van der Waals surface area contributed by atoms with Crippen LogP contribution in [0.25, 0.3) is 0 Å². The minimum Gasteiger partial charge on any atom is -0.332 e. The van der Waals surface area contributed by atoms with Crippen molar-refractivity contribution in [3.05, 3.63) is 63.2 Å². The fraction of sp³-hybridized carbons (Fsp3) is 0.222. The van der Waals surface area contributed by atoms with Crippen molar-refractivity contribution in [2.45, 2.75) is 26.2 Å². The number of rotatable bonds is 4. The number of halogens is 1. The highest BCUT2D eigenvalue weighted by atomic mass is 127. The predicted octanol–water partition coefficient (Wildman–Crippen LogP) is 4.93. The molecule has 0 heterocycles. The number of hydrogen-bond donors (Lipinski definition) is 2. The maximum absolute atomic E-state index is 12.3. The van der Waals surface area contributed by atoms with Gasteiger partial charge in [0.25, 0.3) is 5.91 Å². The summed E-state index contributed by atoms with van der Waals surface area (Å²) in [6.45, 7) is 4.33. The molecule has 23 heavy (non-hydrogen) atoms. The zero-order valence-electron chi connectivity index (χ0n) is 13.1. The Hall–Kier alpha value is -1.47. The Morgan fingerprint density at radius 1 is 1.17 bits per heavy atom. The molecule has 2 aromatic rings. The minimum atomic E-state index is -0.200. The Balaban J connectivity index is 2.09. The molecule has 0 radical (unpaired) electrons. The third-order valence-corrected chi connectivity index (χ3v) is 4.84. The average Bonchev–Trinajstić information content (AvgIpc) is 2.54. The smallest absolute Gasteiger partial charge is 0.258 e. The summed E-state index contributed by atoms with van der Waals surface area (Å²) < 4.78 is 0.894. The first-order chi connectivity index (χ1) is 11.0. The summed E-state index contributed by atoms with van der Waals surface area (Å²) in [7, 11) is 0. The van der Waals surface area contributed by atoms with Crippen LogP contribution in [-0.4, -0.2) is 11.0 Å². The van der Waals surface area contributed by atoms with E-state index < -0.39 is 0 Å². The fourth-order valence-electron chi connectivity index (χ4n) is 2.23. The van der Waals surface area contributed by atoms with Crippen molar-refractivity contribution in [2.75, 3.05) is 5.32 Å². The quantitative estimate of drug-likeness (QED) is 0.526. The zero-order chi connectivity index (χ0) is 16.8. The topological polar surface area (TPSA) is 41.1 Å². The number of amides is 1. The van der Waals surface area contributed by atoms with Gasteiger partial charge in [-0.05, 0) is 70.9 Å². The van der Waals surface area contributed by atoms with Crippen LogP contribution in [0.1, 0.15) is 42.1 Å². The van der Waals surface area contributed by atoms with Crippen LogP contribution in [0, 0.1) is 3.57 Å². The van der Waals surface area contributed by atoms with Crippen LogP contribution in [0.4, 0.5) is 5.69 Å². The molecule has 1 atom stereocenters. The molecule has 2 N–H and O–H groups in total. The molecule has 0 bridgehead atoms. The second kappa shape index (κ2) is 8.40. The van der Waals surface area contributed by atoms with Crippen LogP contribution < -0.4 is 10.6 Å². The van der Waals surface area contributed by atoms with E-state index in [9.17, 15) is 4.79 Å². The molecule has 0 spiro atoms. The molecule has 1 amide bonds. The Kier molecular flexibility index (Phi) is 6.53. The van der Waals surface area contributed by atoms with Crippen molar-refractivity contribution in [1.82, 2.24) is 5.32 Å². The number of thiocarbonyl (C=S) groups is 1. The largest absolute Gasteiger partial charge is 0.332 e. The van der Waals surface area contributed by atoms with E-state index in [2.05, 4.69) is 53.1 Å². The monoisotopic (exact) mass is 438 g/mol. The van der Waals surface area contributed by atoms with E-state index in [1.54, 1.807) is 6.07 Å². The number of anilines is 1. The zero-order valence-corrected chi connectivity index (χ0v) is 16.1. The molecular formula is C18H19IN2OS. The van der Waals surface area contributed by atoms with E-state index in [1.165, 1.54) is 5.56 Å². The highest BCUT2D eigenvalue weighted by Crippen LogP contribution is 2.26. The number of carbonyl (C=O) groups excluding carboxylic acids is 1. The summed E-state index contributed by atoms with van der Waals surface area (Å²) in [5.41, 5.74) is 2.75. The Morgan fingerprint density at radius 2 is 1.83 bits per heavy atom. The van der Waals surface area contributed by atoms with Gasteiger partial charge in [-0.3, -0.25) is 10.1 Å². The molecule has 0 unspecified atom stereocenters. The fourth-order valence-corrected chi connectivity index (χ4v) is 3.06. The van der Waals surface area contributed by atoms with Crippen LogP contribution in [0.2, 0.25) is 0 Å². The van der Waals surface area contributed by atoms with Gasteiger partial charge in [-0.2, -0.15) is 0 Å². The number of hydrogen-bond acceptors (Lipinski definition) is 2. The summed E-state index contributed by atoms with van der Waals surface area (Å²) in [5.74, 6) is 0.223. The molecule has 0 aliphatic rings. The molecule has 0 fully saturated rings. The predicted molar refractivity (Wildman–Crippen MR) is 108 cm³/mol. The van der Waals surface area contributed by atoms with Crippen molar-refractivity contribution in [2.24, 2.45) is 0 Å². The van der Waals surface area contributed by atoms with E-state index in [4.69, 9.17) is 12.2 Å². The first-order valence-corrected chi connectivity index (χ1v) is 8.97. The number of nitrogens with one attached hydrogen (secondary N) is 2. The molecule has 0 aromatic heterocycles. The van der Waals surface area contributed by atoms with Crippen molar-refractivity contribution in [1.29, 1.82) is 0 Å². The van der Waals surface area contributed by atoms with Crippen LogP contribution >= 0.6 is 34.8 Å². The average molecular weight is 438 g/mol. The van der Waals surface area contributed by atoms with Gasteiger partial charge in [0.05, 0.1) is 5.56 Å². The molecule has 5 heteroatoms. The summed E-state index contributed by atoms with van der Waals surface area (Å²) in [6.07, 6.45) is 1.04. The summed E-state index contributed by atoms with van der Waals surface area (Å²) in [6, 6.07) is 15.5. The minimum absolute atomic E-state index is 0.200. The maximum Gasteiger partial charge on any atom is 0.258 e. The van der Waals surface area contributed by atoms with Gasteiger partial charge in [0.1, 0.15) is 0 Å². The van der Waals surface area contributed by atoms with E-state index in [0.717, 1.165) is 15.7 Å².